The van der Waals surface area contributed by atoms with E-state index in [1.165, 1.54) is 9.58 Å². The van der Waals surface area contributed by atoms with Crippen LogP contribution in [0.2, 0.25) is 0 Å². The maximum atomic E-state index is 13.4. The fourth-order valence-electron chi connectivity index (χ4n) is 3.24. The summed E-state index contributed by atoms with van der Waals surface area (Å²) >= 11 is 0. The maximum Gasteiger partial charge on any atom is 0.417 e. The molecule has 1 aliphatic heterocycles. The number of hydrogen-bond acceptors (Lipinski definition) is 6. The third-order valence-electron chi connectivity index (χ3n) is 4.86. The summed E-state index contributed by atoms with van der Waals surface area (Å²) in [5, 5.41) is 6.78. The Bertz CT molecular complexity index is 1160. The lowest BCUT2D eigenvalue weighted by atomic mass is 10.1. The largest absolute Gasteiger partial charge is 0.464 e. The molecule has 3 aromatic rings. The van der Waals surface area contributed by atoms with Gasteiger partial charge in [-0.1, -0.05) is 13.8 Å². The molecule has 0 bridgehead atoms. The van der Waals surface area contributed by atoms with E-state index in [9.17, 15) is 22.8 Å². The Kier molecular flexibility index (Phi) is 5.75. The van der Waals surface area contributed by atoms with Crippen LogP contribution in [-0.2, 0) is 15.8 Å². The second-order valence-electron chi connectivity index (χ2n) is 7.63. The number of amides is 2. The second-order valence-corrected chi connectivity index (χ2v) is 7.63. The summed E-state index contributed by atoms with van der Waals surface area (Å²) in [6.45, 7) is 3.13. The summed E-state index contributed by atoms with van der Waals surface area (Å²) in [4.78, 5) is 35.0. The lowest BCUT2D eigenvalue weighted by molar-refractivity contribution is -0.138. The molecule has 33 heavy (non-hydrogen) atoms. The molecule has 0 aromatic carbocycles. The summed E-state index contributed by atoms with van der Waals surface area (Å²) in [5.41, 5.74) is -0.593. The van der Waals surface area contributed by atoms with Gasteiger partial charge in [0.25, 0.3) is 5.91 Å². The van der Waals surface area contributed by atoms with Crippen LogP contribution < -0.4 is 15.0 Å². The number of rotatable bonds is 5. The number of hydrogen-bond donors (Lipinski definition) is 1. The molecule has 0 spiro atoms. The Morgan fingerprint density at radius 2 is 2.00 bits per heavy atom. The Hall–Kier alpha value is -3.96. The molecule has 1 unspecified atom stereocenters. The van der Waals surface area contributed by atoms with E-state index in [0.717, 1.165) is 12.1 Å². The number of carbonyl (C=O) groups excluding carboxylic acids is 2. The number of halogens is 3. The van der Waals surface area contributed by atoms with Crippen molar-refractivity contribution in [3.8, 4) is 11.7 Å². The molecule has 1 atom stereocenters. The van der Waals surface area contributed by atoms with Gasteiger partial charge in [0.2, 0.25) is 11.8 Å². The predicted molar refractivity (Wildman–Crippen MR) is 111 cm³/mol. The van der Waals surface area contributed by atoms with Crippen molar-refractivity contribution in [2.75, 3.05) is 16.8 Å². The number of carbonyl (C=O) groups is 2. The standard InChI is InChI=1S/C21H19F3N6O3/c1-12(2)18(33-17-7-4-13(10-25-17)21(22,23)24)20(32)29-11-16(31)27-14-5-6-15(28-19(14)29)30-9-3-8-26-30/h3-10,12,18H,11H2,1-2H3,(H,27,31). The number of alkyl halides is 3. The second kappa shape index (κ2) is 8.52. The molecule has 0 radical (unpaired) electrons. The molecule has 0 saturated carbocycles. The first kappa shape index (κ1) is 22.2. The van der Waals surface area contributed by atoms with Crippen molar-refractivity contribution in [2.24, 2.45) is 5.92 Å². The van der Waals surface area contributed by atoms with Crippen molar-refractivity contribution < 1.29 is 27.5 Å². The molecular formula is C21H19F3N6O3. The van der Waals surface area contributed by atoms with Crippen LogP contribution in [0, 0.1) is 5.92 Å². The molecule has 2 amide bonds. The van der Waals surface area contributed by atoms with Gasteiger partial charge in [0.15, 0.2) is 17.7 Å². The highest BCUT2D eigenvalue weighted by Crippen LogP contribution is 2.31. The van der Waals surface area contributed by atoms with Crippen LogP contribution in [0.25, 0.3) is 5.82 Å². The average molecular weight is 460 g/mol. The smallest absolute Gasteiger partial charge is 0.417 e. The number of ether oxygens (including phenoxy) is 1. The molecule has 0 aliphatic carbocycles. The van der Waals surface area contributed by atoms with Gasteiger partial charge in [-0.2, -0.15) is 18.3 Å². The molecular weight excluding hydrogens is 441 g/mol. The van der Waals surface area contributed by atoms with E-state index in [0.29, 0.717) is 17.7 Å². The van der Waals surface area contributed by atoms with E-state index in [1.54, 1.807) is 44.4 Å². The summed E-state index contributed by atoms with van der Waals surface area (Å²) in [5.74, 6) is -0.881. The van der Waals surface area contributed by atoms with Crippen molar-refractivity contribution in [3.63, 3.8) is 0 Å². The number of fused-ring (bicyclic) bond motifs is 1. The SMILES string of the molecule is CC(C)C(Oc1ccc(C(F)(F)F)cn1)C(=O)N1CC(=O)Nc2ccc(-n3cccn3)nc21. The lowest BCUT2D eigenvalue weighted by Gasteiger charge is -2.32. The van der Waals surface area contributed by atoms with Gasteiger partial charge in [-0.15, -0.1) is 0 Å². The van der Waals surface area contributed by atoms with E-state index < -0.39 is 29.7 Å². The van der Waals surface area contributed by atoms with Crippen LogP contribution in [0.5, 0.6) is 5.88 Å². The van der Waals surface area contributed by atoms with Crippen molar-refractivity contribution in [2.45, 2.75) is 26.1 Å². The molecule has 0 saturated heterocycles. The maximum absolute atomic E-state index is 13.4. The van der Waals surface area contributed by atoms with Gasteiger partial charge in [0, 0.05) is 24.7 Å². The van der Waals surface area contributed by atoms with Gasteiger partial charge >= 0.3 is 6.18 Å². The van der Waals surface area contributed by atoms with Gasteiger partial charge in [-0.25, -0.2) is 14.6 Å². The molecule has 4 heterocycles. The summed E-state index contributed by atoms with van der Waals surface area (Å²) in [6, 6.07) is 6.84. The molecule has 9 nitrogen and oxygen atoms in total. The van der Waals surface area contributed by atoms with Gasteiger partial charge in [0.1, 0.15) is 6.54 Å². The fraction of sp³-hybridized carbons (Fsp3) is 0.286. The minimum absolute atomic E-state index is 0.144. The van der Waals surface area contributed by atoms with Gasteiger partial charge < -0.3 is 10.1 Å². The van der Waals surface area contributed by atoms with Crippen LogP contribution in [0.3, 0.4) is 0 Å². The van der Waals surface area contributed by atoms with E-state index in [4.69, 9.17) is 4.74 Å². The van der Waals surface area contributed by atoms with E-state index in [2.05, 4.69) is 20.4 Å². The number of pyridine rings is 2. The minimum atomic E-state index is -4.54. The van der Waals surface area contributed by atoms with Crippen molar-refractivity contribution >= 4 is 23.3 Å². The minimum Gasteiger partial charge on any atom is -0.464 e. The Balaban J connectivity index is 1.63. The molecule has 4 rings (SSSR count). The molecule has 3 aromatic heterocycles. The first-order valence-electron chi connectivity index (χ1n) is 9.95. The van der Waals surface area contributed by atoms with Crippen LogP contribution in [0.15, 0.2) is 48.9 Å². The van der Waals surface area contributed by atoms with Crippen LogP contribution >= 0.6 is 0 Å². The summed E-state index contributed by atoms with van der Waals surface area (Å²) in [6.07, 6.45) is -1.77. The number of nitrogens with zero attached hydrogens (tertiary/aromatic N) is 5. The summed E-state index contributed by atoms with van der Waals surface area (Å²) in [7, 11) is 0. The highest BCUT2D eigenvalue weighted by molar-refractivity contribution is 6.10. The van der Waals surface area contributed by atoms with Crippen LogP contribution in [-0.4, -0.2) is 44.2 Å². The van der Waals surface area contributed by atoms with Crippen LogP contribution in [0.4, 0.5) is 24.7 Å². The van der Waals surface area contributed by atoms with E-state index in [-0.39, 0.29) is 24.2 Å². The van der Waals surface area contributed by atoms with E-state index in [1.807, 2.05) is 0 Å². The van der Waals surface area contributed by atoms with Gasteiger partial charge in [-0.05, 0) is 30.2 Å². The van der Waals surface area contributed by atoms with E-state index >= 15 is 0 Å². The first-order chi connectivity index (χ1) is 15.6. The van der Waals surface area contributed by atoms with Gasteiger partial charge in [0.05, 0.1) is 11.3 Å². The molecule has 12 heteroatoms. The lowest BCUT2D eigenvalue weighted by Crippen LogP contribution is -2.50. The van der Waals surface area contributed by atoms with Crippen molar-refractivity contribution in [3.05, 3.63) is 54.5 Å². The molecule has 1 N–H and O–H groups in total. The first-order valence-corrected chi connectivity index (χ1v) is 9.95. The quantitative estimate of drug-likeness (QED) is 0.628. The topological polar surface area (TPSA) is 102 Å². The zero-order valence-corrected chi connectivity index (χ0v) is 17.6. The third-order valence-corrected chi connectivity index (χ3v) is 4.86. The average Bonchev–Trinajstić information content (AvgIpc) is 3.30. The Morgan fingerprint density at radius 3 is 2.61 bits per heavy atom. The zero-order valence-electron chi connectivity index (χ0n) is 17.6. The van der Waals surface area contributed by atoms with Crippen LogP contribution in [0.1, 0.15) is 19.4 Å². The number of nitrogens with one attached hydrogen (secondary N) is 1. The predicted octanol–water partition coefficient (Wildman–Crippen LogP) is 3.07. The molecule has 0 fully saturated rings. The Labute approximate surface area is 186 Å². The number of anilines is 2. The van der Waals surface area contributed by atoms with Crippen molar-refractivity contribution in [1.82, 2.24) is 19.7 Å². The normalized spacial score (nSPS) is 14.6. The molecule has 172 valence electrons. The monoisotopic (exact) mass is 460 g/mol. The van der Waals surface area contributed by atoms with Crippen molar-refractivity contribution in [1.29, 1.82) is 0 Å². The molecule has 1 aliphatic rings. The van der Waals surface area contributed by atoms with Gasteiger partial charge in [-0.3, -0.25) is 14.5 Å². The summed E-state index contributed by atoms with van der Waals surface area (Å²) < 4.78 is 45.6. The third kappa shape index (κ3) is 4.64. The zero-order chi connectivity index (χ0) is 23.8. The Morgan fingerprint density at radius 1 is 1.21 bits per heavy atom. The highest BCUT2D eigenvalue weighted by Gasteiger charge is 2.36. The fourth-order valence-corrected chi connectivity index (χ4v) is 3.24. The highest BCUT2D eigenvalue weighted by atomic mass is 19.4. The number of aromatic nitrogens is 4.